The molecular weight excluding hydrogens is 242 g/mol. The van der Waals surface area contributed by atoms with Crippen LogP contribution in [-0.4, -0.2) is 44.0 Å². The molecule has 0 saturated heterocycles. The molecule has 2 unspecified atom stereocenters. The summed E-state index contributed by atoms with van der Waals surface area (Å²) in [5.41, 5.74) is 0.0113. The Kier molecular flexibility index (Phi) is 3.31. The summed E-state index contributed by atoms with van der Waals surface area (Å²) in [6.07, 6.45) is -4.64. The van der Waals surface area contributed by atoms with Crippen molar-refractivity contribution in [3.63, 3.8) is 0 Å². The summed E-state index contributed by atoms with van der Waals surface area (Å²) in [5.74, 6) is 0.188. The Morgan fingerprint density at radius 1 is 1.47 bits per heavy atom. The molecule has 108 valence electrons. The molecule has 0 aliphatic carbocycles. The summed E-state index contributed by atoms with van der Waals surface area (Å²) in [5, 5.41) is 12.3. The van der Waals surface area contributed by atoms with Crippen molar-refractivity contribution in [2.24, 2.45) is 0 Å². The van der Waals surface area contributed by atoms with Crippen LogP contribution >= 0.6 is 0 Å². The molecule has 2 atom stereocenters. The SMILES string of the molecule is [2H]C(O)(CNC([2H])(C)C([2H])([2H])[2H])COc1ccc(C([2H])([2H])C([2H])([2H])OC)cc1. The van der Waals surface area contributed by atoms with Crippen molar-refractivity contribution in [1.82, 2.24) is 5.32 Å². The van der Waals surface area contributed by atoms with Gasteiger partial charge >= 0.3 is 0 Å². The highest BCUT2D eigenvalue weighted by molar-refractivity contribution is 5.27. The minimum absolute atomic E-state index is 0.0113. The van der Waals surface area contributed by atoms with Crippen LogP contribution in [0.5, 0.6) is 5.75 Å². The van der Waals surface area contributed by atoms with Crippen LogP contribution in [0.1, 0.15) is 31.7 Å². The fourth-order valence-electron chi connectivity index (χ4n) is 1.20. The third-order valence-electron chi connectivity index (χ3n) is 2.11. The van der Waals surface area contributed by atoms with Gasteiger partial charge in [0.15, 0.2) is 0 Å². The van der Waals surface area contributed by atoms with Crippen molar-refractivity contribution in [2.75, 3.05) is 26.8 Å². The maximum absolute atomic E-state index is 10.0. The number of rotatable bonds is 9. The van der Waals surface area contributed by atoms with E-state index >= 15 is 0 Å². The first-order chi connectivity index (χ1) is 12.5. The lowest BCUT2D eigenvalue weighted by Crippen LogP contribution is -2.35. The minimum Gasteiger partial charge on any atom is -0.491 e. The van der Waals surface area contributed by atoms with Crippen LogP contribution < -0.4 is 10.1 Å². The number of hydrogen-bond donors (Lipinski definition) is 2. The highest BCUT2D eigenvalue weighted by Crippen LogP contribution is 2.12. The molecule has 0 heterocycles. The first-order valence-electron chi connectivity index (χ1n) is 10.2. The minimum atomic E-state index is -2.65. The maximum atomic E-state index is 10.0. The summed E-state index contributed by atoms with van der Waals surface area (Å²) in [6, 6.07) is 3.24. The molecule has 0 fully saturated rings. The van der Waals surface area contributed by atoms with Crippen LogP contribution in [0.25, 0.3) is 0 Å². The van der Waals surface area contributed by atoms with Gasteiger partial charge in [-0.05, 0) is 24.1 Å². The van der Waals surface area contributed by atoms with Gasteiger partial charge in [-0.2, -0.15) is 0 Å². The van der Waals surface area contributed by atoms with E-state index in [0.29, 0.717) is 0 Å². The zero-order valence-corrected chi connectivity index (χ0v) is 11.0. The van der Waals surface area contributed by atoms with E-state index in [1.165, 1.54) is 24.3 Å². The zero-order chi connectivity index (χ0) is 22.0. The standard InChI is InChI=1S/C15H25NO3/c1-12(2)16-10-14(17)11-19-15-6-4-13(5-7-15)8-9-18-3/h4-7,12,14,16-17H,8-11H2,1-3H3/i1D3,8D2,9D2,12D,14D. The molecule has 0 spiro atoms. The topological polar surface area (TPSA) is 50.7 Å². The van der Waals surface area contributed by atoms with Crippen molar-refractivity contribution in [3.05, 3.63) is 29.8 Å². The van der Waals surface area contributed by atoms with E-state index < -0.39 is 45.0 Å². The predicted octanol–water partition coefficient (Wildman–Crippen LogP) is 1.61. The van der Waals surface area contributed by atoms with Gasteiger partial charge in [-0.15, -0.1) is 0 Å². The van der Waals surface area contributed by atoms with Gasteiger partial charge in [0.1, 0.15) is 18.4 Å². The van der Waals surface area contributed by atoms with Gasteiger partial charge < -0.3 is 19.9 Å². The van der Waals surface area contributed by atoms with Crippen molar-refractivity contribution >= 4 is 0 Å². The Morgan fingerprint density at radius 3 is 2.84 bits per heavy atom. The Morgan fingerprint density at radius 2 is 2.21 bits per heavy atom. The number of methoxy groups -OCH3 is 1. The molecule has 19 heavy (non-hydrogen) atoms. The zero-order valence-electron chi connectivity index (χ0n) is 20.0. The molecule has 1 aromatic rings. The van der Waals surface area contributed by atoms with Crippen LogP contribution in [0.2, 0.25) is 0 Å². The third kappa shape index (κ3) is 7.15. The number of aryl methyl sites for hydroxylation is 1. The van der Waals surface area contributed by atoms with Crippen molar-refractivity contribution in [2.45, 2.75) is 32.2 Å². The second kappa shape index (κ2) is 8.91. The van der Waals surface area contributed by atoms with Crippen LogP contribution in [0.3, 0.4) is 0 Å². The van der Waals surface area contributed by atoms with E-state index in [2.05, 4.69) is 10.1 Å². The highest BCUT2D eigenvalue weighted by atomic mass is 16.5. The van der Waals surface area contributed by atoms with Gasteiger partial charge in [0.2, 0.25) is 0 Å². The van der Waals surface area contributed by atoms with Gasteiger partial charge in [0.05, 0.1) is 10.7 Å². The summed E-state index contributed by atoms with van der Waals surface area (Å²) in [4.78, 5) is 0. The Labute approximate surface area is 128 Å². The second-order valence-corrected chi connectivity index (χ2v) is 3.79. The largest absolute Gasteiger partial charge is 0.491 e. The molecule has 0 aliphatic rings. The smallest absolute Gasteiger partial charge is 0.119 e. The van der Waals surface area contributed by atoms with E-state index in [9.17, 15) is 5.11 Å². The molecule has 4 heteroatoms. The van der Waals surface area contributed by atoms with Crippen molar-refractivity contribution in [3.8, 4) is 5.75 Å². The summed E-state index contributed by atoms with van der Waals surface area (Å²) in [7, 11) is 1.06. The average Bonchev–Trinajstić information content (AvgIpc) is 2.58. The number of nitrogens with one attached hydrogen (secondary N) is 1. The average molecular weight is 276 g/mol. The summed E-state index contributed by atoms with van der Waals surface area (Å²) in [6.45, 7) is -5.15. The molecule has 1 rings (SSSR count). The monoisotopic (exact) mass is 276 g/mol. The molecule has 0 aromatic heterocycles. The fraction of sp³-hybridized carbons (Fsp3) is 0.600. The number of aliphatic hydroxyl groups is 1. The maximum Gasteiger partial charge on any atom is 0.119 e. The Bertz CT molecular complexity index is 645. The Balaban J connectivity index is 2.73. The van der Waals surface area contributed by atoms with Crippen LogP contribution in [0.15, 0.2) is 24.3 Å². The highest BCUT2D eigenvalue weighted by Gasteiger charge is 2.05. The van der Waals surface area contributed by atoms with Crippen molar-refractivity contribution < 1.29 is 26.9 Å². The van der Waals surface area contributed by atoms with Gasteiger partial charge in [-0.3, -0.25) is 0 Å². The number of hydrogen-bond acceptors (Lipinski definition) is 4. The number of benzene rings is 1. The van der Waals surface area contributed by atoms with Gasteiger partial charge in [0, 0.05) is 27.9 Å². The molecule has 0 saturated carbocycles. The van der Waals surface area contributed by atoms with Gasteiger partial charge in [0.25, 0.3) is 0 Å². The lowest BCUT2D eigenvalue weighted by atomic mass is 10.1. The fourth-order valence-corrected chi connectivity index (χ4v) is 1.20. The van der Waals surface area contributed by atoms with E-state index in [-0.39, 0.29) is 11.3 Å². The molecule has 2 N–H and O–H groups in total. The molecule has 0 bridgehead atoms. The van der Waals surface area contributed by atoms with Crippen molar-refractivity contribution in [1.29, 1.82) is 0 Å². The molecular formula is C15H25NO3. The quantitative estimate of drug-likeness (QED) is 0.719. The Hall–Kier alpha value is -1.10. The first kappa shape index (κ1) is 7.07. The van der Waals surface area contributed by atoms with Gasteiger partial charge in [-0.1, -0.05) is 25.9 Å². The lowest BCUT2D eigenvalue weighted by Gasteiger charge is -2.15. The summed E-state index contributed by atoms with van der Waals surface area (Å²) >= 11 is 0. The molecule has 4 nitrogen and oxygen atoms in total. The first-order valence-corrected chi connectivity index (χ1v) is 5.71. The molecule has 0 radical (unpaired) electrons. The predicted molar refractivity (Wildman–Crippen MR) is 76.7 cm³/mol. The summed E-state index contributed by atoms with van der Waals surface area (Å²) < 4.78 is 78.0. The second-order valence-electron chi connectivity index (χ2n) is 3.79. The van der Waals surface area contributed by atoms with E-state index in [1.807, 2.05) is 0 Å². The molecule has 0 amide bonds. The van der Waals surface area contributed by atoms with Crippen LogP contribution in [0, 0.1) is 0 Å². The molecule has 1 aromatic carbocycles. The van der Waals surface area contributed by atoms with Crippen LogP contribution in [0.4, 0.5) is 0 Å². The normalized spacial score (nSPS) is 26.6. The number of ether oxygens (including phenoxy) is 2. The molecule has 0 aliphatic heterocycles. The van der Waals surface area contributed by atoms with Gasteiger partial charge in [-0.25, -0.2) is 0 Å². The van der Waals surface area contributed by atoms with E-state index in [4.69, 9.17) is 17.1 Å². The van der Waals surface area contributed by atoms with E-state index in [1.54, 1.807) is 0 Å². The lowest BCUT2D eigenvalue weighted by molar-refractivity contribution is 0.104. The van der Waals surface area contributed by atoms with Crippen LogP contribution in [-0.2, 0) is 11.1 Å². The third-order valence-corrected chi connectivity index (χ3v) is 2.11. The van der Waals surface area contributed by atoms with E-state index in [0.717, 1.165) is 14.0 Å².